The molecule has 0 spiro atoms. The molecule has 3 heterocycles. The number of hydrogen-bond donors (Lipinski definition) is 0. The second-order valence-corrected chi connectivity index (χ2v) is 8.91. The molecule has 2 saturated heterocycles. The predicted molar refractivity (Wildman–Crippen MR) is 108 cm³/mol. The van der Waals surface area contributed by atoms with E-state index in [1.807, 2.05) is 30.9 Å². The highest BCUT2D eigenvalue weighted by molar-refractivity contribution is 5.76. The Labute approximate surface area is 166 Å². The van der Waals surface area contributed by atoms with Gasteiger partial charge in [-0.15, -0.1) is 0 Å². The predicted octanol–water partition coefficient (Wildman–Crippen LogP) is 3.55. The van der Waals surface area contributed by atoms with Crippen LogP contribution < -0.4 is 4.90 Å². The third-order valence-corrected chi connectivity index (χ3v) is 6.27. The maximum atomic E-state index is 13.8. The van der Waals surface area contributed by atoms with Gasteiger partial charge in [-0.3, -0.25) is 9.48 Å². The van der Waals surface area contributed by atoms with Gasteiger partial charge in [-0.2, -0.15) is 5.10 Å². The summed E-state index contributed by atoms with van der Waals surface area (Å²) in [6.45, 7) is 10.2. The minimum Gasteiger partial charge on any atom is -0.363 e. The molecular weight excluding hydrogens is 355 g/mol. The summed E-state index contributed by atoms with van der Waals surface area (Å²) in [7, 11) is 0. The molecule has 2 aromatic rings. The number of piperidine rings is 1. The fraction of sp³-hybridized carbons (Fsp3) is 0.545. The van der Waals surface area contributed by atoms with Gasteiger partial charge in [-0.1, -0.05) is 6.07 Å². The zero-order valence-corrected chi connectivity index (χ0v) is 17.2. The highest BCUT2D eigenvalue weighted by Gasteiger charge is 2.48. The second kappa shape index (κ2) is 6.90. The highest BCUT2D eigenvalue weighted by Crippen LogP contribution is 2.44. The third kappa shape index (κ3) is 3.40. The Morgan fingerprint density at radius 2 is 2.07 bits per heavy atom. The van der Waals surface area contributed by atoms with Crippen LogP contribution in [0.4, 0.5) is 10.1 Å². The van der Waals surface area contributed by atoms with Crippen LogP contribution in [-0.2, 0) is 11.3 Å². The lowest BCUT2D eigenvalue weighted by Gasteiger charge is -2.42. The molecule has 1 amide bonds. The van der Waals surface area contributed by atoms with Crippen LogP contribution in [0, 0.1) is 25.6 Å². The van der Waals surface area contributed by atoms with Crippen LogP contribution in [0.5, 0.6) is 0 Å². The first-order valence-corrected chi connectivity index (χ1v) is 10.1. The number of aryl methyl sites for hydroxylation is 2. The van der Waals surface area contributed by atoms with Gasteiger partial charge in [0.1, 0.15) is 12.4 Å². The third-order valence-electron chi connectivity index (χ3n) is 6.27. The van der Waals surface area contributed by atoms with E-state index in [1.165, 1.54) is 6.07 Å². The molecule has 0 unspecified atom stereocenters. The molecular formula is C22H29FN4O. The number of hydrogen-bond acceptors (Lipinski definition) is 3. The van der Waals surface area contributed by atoms with Crippen LogP contribution in [0.15, 0.2) is 30.3 Å². The first kappa shape index (κ1) is 19.0. The van der Waals surface area contributed by atoms with Crippen molar-refractivity contribution in [2.45, 2.75) is 58.7 Å². The molecule has 1 aromatic carbocycles. The Kier molecular flexibility index (Phi) is 4.68. The maximum absolute atomic E-state index is 13.8. The first-order chi connectivity index (χ1) is 13.2. The van der Waals surface area contributed by atoms with Crippen LogP contribution >= 0.6 is 0 Å². The highest BCUT2D eigenvalue weighted by atomic mass is 19.1. The quantitative estimate of drug-likeness (QED) is 0.813. The van der Waals surface area contributed by atoms with Crippen molar-refractivity contribution in [1.29, 1.82) is 0 Å². The van der Waals surface area contributed by atoms with E-state index in [1.54, 1.807) is 16.8 Å². The number of carbonyl (C=O) groups is 1. The summed E-state index contributed by atoms with van der Waals surface area (Å²) in [5.41, 5.74) is 2.84. The van der Waals surface area contributed by atoms with Crippen LogP contribution in [-0.4, -0.2) is 45.3 Å². The summed E-state index contributed by atoms with van der Waals surface area (Å²) in [4.78, 5) is 17.2. The van der Waals surface area contributed by atoms with Crippen molar-refractivity contribution in [2.24, 2.45) is 5.92 Å². The van der Waals surface area contributed by atoms with Crippen LogP contribution in [0.2, 0.25) is 0 Å². The average Bonchev–Trinajstić information content (AvgIpc) is 3.07. The van der Waals surface area contributed by atoms with Gasteiger partial charge in [0, 0.05) is 36.1 Å². The summed E-state index contributed by atoms with van der Waals surface area (Å²) >= 11 is 0. The largest absolute Gasteiger partial charge is 0.363 e. The normalized spacial score (nSPS) is 23.8. The van der Waals surface area contributed by atoms with E-state index in [0.29, 0.717) is 18.5 Å². The molecule has 0 bridgehead atoms. The van der Waals surface area contributed by atoms with Crippen molar-refractivity contribution in [3.05, 3.63) is 47.5 Å². The minimum atomic E-state index is -0.200. The minimum absolute atomic E-state index is 0.0577. The van der Waals surface area contributed by atoms with Gasteiger partial charge in [0.05, 0.1) is 5.69 Å². The zero-order valence-electron chi connectivity index (χ0n) is 17.2. The van der Waals surface area contributed by atoms with Gasteiger partial charge < -0.3 is 9.80 Å². The van der Waals surface area contributed by atoms with Crippen molar-refractivity contribution in [2.75, 3.05) is 18.0 Å². The molecule has 4 rings (SSSR count). The molecule has 5 nitrogen and oxygen atoms in total. The second-order valence-electron chi connectivity index (χ2n) is 8.91. The number of aromatic nitrogens is 2. The standard InChI is InChI=1S/C22H29FN4O/c1-15-10-16(2)26(24-15)14-21(28)25-9-8-20-17(13-25)12-22(3,4)27(20)19-7-5-6-18(23)11-19/h5-7,10-11,17,20H,8-9,12-14H2,1-4H3/t17-,20+/m1/s1. The van der Waals surface area contributed by atoms with Crippen molar-refractivity contribution in [3.63, 3.8) is 0 Å². The molecule has 0 aliphatic carbocycles. The first-order valence-electron chi connectivity index (χ1n) is 10.1. The van der Waals surface area contributed by atoms with Gasteiger partial charge in [-0.25, -0.2) is 4.39 Å². The number of fused-ring (bicyclic) bond motifs is 1. The molecule has 2 aliphatic heterocycles. The lowest BCUT2D eigenvalue weighted by Crippen LogP contribution is -2.50. The fourth-order valence-corrected chi connectivity index (χ4v) is 5.21. The zero-order chi connectivity index (χ0) is 20.1. The van der Waals surface area contributed by atoms with E-state index in [9.17, 15) is 9.18 Å². The lowest BCUT2D eigenvalue weighted by atomic mass is 9.89. The molecule has 2 aliphatic rings. The molecule has 150 valence electrons. The van der Waals surface area contributed by atoms with Gasteiger partial charge in [-0.05, 0) is 70.7 Å². The van der Waals surface area contributed by atoms with Crippen LogP contribution in [0.25, 0.3) is 0 Å². The summed E-state index contributed by atoms with van der Waals surface area (Å²) in [6.07, 6.45) is 1.91. The Balaban J connectivity index is 1.49. The number of benzene rings is 1. The van der Waals surface area contributed by atoms with Gasteiger partial charge >= 0.3 is 0 Å². The monoisotopic (exact) mass is 384 g/mol. The van der Waals surface area contributed by atoms with E-state index in [2.05, 4.69) is 23.8 Å². The van der Waals surface area contributed by atoms with Gasteiger partial charge in [0.2, 0.25) is 5.91 Å². The summed E-state index contributed by atoms with van der Waals surface area (Å²) < 4.78 is 15.6. The van der Waals surface area contributed by atoms with E-state index < -0.39 is 0 Å². The SMILES string of the molecule is Cc1cc(C)n(CC(=O)N2CC[C@H]3[C@@H](C2)CC(C)(C)N3c2cccc(F)c2)n1. The van der Waals surface area contributed by atoms with E-state index in [4.69, 9.17) is 0 Å². The molecule has 0 saturated carbocycles. The van der Waals surface area contributed by atoms with Crippen molar-refractivity contribution < 1.29 is 9.18 Å². The topological polar surface area (TPSA) is 41.4 Å². The number of nitrogens with zero attached hydrogens (tertiary/aromatic N) is 4. The molecule has 0 N–H and O–H groups in total. The van der Waals surface area contributed by atoms with Crippen molar-refractivity contribution in [3.8, 4) is 0 Å². The van der Waals surface area contributed by atoms with Gasteiger partial charge in [0.25, 0.3) is 0 Å². The Hall–Kier alpha value is -2.37. The Morgan fingerprint density at radius 3 is 2.75 bits per heavy atom. The smallest absolute Gasteiger partial charge is 0.244 e. The van der Waals surface area contributed by atoms with E-state index in [-0.39, 0.29) is 17.3 Å². The summed E-state index contributed by atoms with van der Waals surface area (Å²) in [5, 5.41) is 4.42. The number of amides is 1. The van der Waals surface area contributed by atoms with E-state index in [0.717, 1.165) is 43.0 Å². The summed E-state index contributed by atoms with van der Waals surface area (Å²) in [6, 6.07) is 9.23. The molecule has 28 heavy (non-hydrogen) atoms. The molecule has 0 radical (unpaired) electrons. The lowest BCUT2D eigenvalue weighted by molar-refractivity contribution is -0.133. The Morgan fingerprint density at radius 1 is 1.29 bits per heavy atom. The average molecular weight is 384 g/mol. The van der Waals surface area contributed by atoms with Crippen molar-refractivity contribution >= 4 is 11.6 Å². The number of carbonyl (C=O) groups excluding carboxylic acids is 1. The number of rotatable bonds is 3. The fourth-order valence-electron chi connectivity index (χ4n) is 5.21. The number of halogens is 1. The van der Waals surface area contributed by atoms with Crippen LogP contribution in [0.3, 0.4) is 0 Å². The van der Waals surface area contributed by atoms with Gasteiger partial charge in [0.15, 0.2) is 0 Å². The van der Waals surface area contributed by atoms with Crippen molar-refractivity contribution in [1.82, 2.24) is 14.7 Å². The Bertz CT molecular complexity index is 890. The molecule has 2 fully saturated rings. The number of anilines is 1. The molecule has 1 aromatic heterocycles. The van der Waals surface area contributed by atoms with Crippen LogP contribution in [0.1, 0.15) is 38.1 Å². The van der Waals surface area contributed by atoms with E-state index >= 15 is 0 Å². The maximum Gasteiger partial charge on any atom is 0.244 e. The molecule has 2 atom stereocenters. The molecule has 6 heteroatoms. The summed E-state index contributed by atoms with van der Waals surface area (Å²) in [5.74, 6) is 0.331. The number of likely N-dealkylation sites (tertiary alicyclic amines) is 1.